The molecule has 6 rings (SSSR count). The van der Waals surface area contributed by atoms with Gasteiger partial charge in [0.05, 0.1) is 28.5 Å². The van der Waals surface area contributed by atoms with Gasteiger partial charge in [-0.2, -0.15) is 16.4 Å². The van der Waals surface area contributed by atoms with Gasteiger partial charge in [0.2, 0.25) is 0 Å². The minimum absolute atomic E-state index is 0.0829. The molecular formula is C25H19N5OS. The quantitative estimate of drug-likeness (QED) is 0.379. The third kappa shape index (κ3) is 2.98. The van der Waals surface area contributed by atoms with Crippen molar-refractivity contribution in [3.8, 4) is 16.8 Å². The van der Waals surface area contributed by atoms with E-state index in [9.17, 15) is 4.79 Å². The molecule has 0 spiro atoms. The van der Waals surface area contributed by atoms with Crippen molar-refractivity contribution >= 4 is 40.0 Å². The molecule has 0 radical (unpaired) electrons. The van der Waals surface area contributed by atoms with Crippen molar-refractivity contribution < 1.29 is 4.79 Å². The number of nitrogen functional groups attached to an aromatic ring is 1. The lowest BCUT2D eigenvalue weighted by molar-refractivity contribution is 0.103. The van der Waals surface area contributed by atoms with Gasteiger partial charge in [0.15, 0.2) is 5.78 Å². The number of thiophene rings is 1. The largest absolute Gasteiger partial charge is 0.383 e. The van der Waals surface area contributed by atoms with Gasteiger partial charge in [-0.15, -0.1) is 0 Å². The number of aryl methyl sites for hydroxylation is 1. The van der Waals surface area contributed by atoms with Crippen molar-refractivity contribution in [2.75, 3.05) is 5.73 Å². The number of rotatable bonds is 4. The maximum absolute atomic E-state index is 13.3. The van der Waals surface area contributed by atoms with Crippen LogP contribution in [-0.4, -0.2) is 25.5 Å². The fraction of sp³-hybridized carbons (Fsp3) is 0.0800. The van der Waals surface area contributed by atoms with Crippen LogP contribution >= 0.6 is 11.3 Å². The van der Waals surface area contributed by atoms with Gasteiger partial charge in [-0.05, 0) is 70.3 Å². The van der Waals surface area contributed by atoms with Crippen molar-refractivity contribution in [3.63, 3.8) is 0 Å². The van der Waals surface area contributed by atoms with E-state index in [1.165, 1.54) is 11.1 Å². The number of nitrogens with zero attached hydrogens (tertiary/aromatic N) is 3. The van der Waals surface area contributed by atoms with Gasteiger partial charge in [-0.1, -0.05) is 18.2 Å². The summed E-state index contributed by atoms with van der Waals surface area (Å²) in [4.78, 5) is 20.9. The minimum Gasteiger partial charge on any atom is -0.383 e. The van der Waals surface area contributed by atoms with Crippen molar-refractivity contribution in [2.24, 2.45) is 0 Å². The number of nitrogens with one attached hydrogen (secondary N) is 1. The molecule has 0 atom stereocenters. The fourth-order valence-corrected chi connectivity index (χ4v) is 4.93. The molecule has 32 heavy (non-hydrogen) atoms. The number of nitrogens with two attached hydrogens (primary N) is 1. The van der Waals surface area contributed by atoms with E-state index in [1.54, 1.807) is 22.2 Å². The Kier molecular flexibility index (Phi) is 4.13. The van der Waals surface area contributed by atoms with E-state index in [1.807, 2.05) is 31.2 Å². The first-order chi connectivity index (χ1) is 15.6. The van der Waals surface area contributed by atoms with Crippen LogP contribution < -0.4 is 5.73 Å². The molecular weight excluding hydrogens is 418 g/mol. The second kappa shape index (κ2) is 7.03. The maximum atomic E-state index is 13.3. The lowest BCUT2D eigenvalue weighted by Gasteiger charge is -2.06. The average molecular weight is 438 g/mol. The van der Waals surface area contributed by atoms with E-state index in [0.29, 0.717) is 17.8 Å². The summed E-state index contributed by atoms with van der Waals surface area (Å²) >= 11 is 1.68. The van der Waals surface area contributed by atoms with Gasteiger partial charge in [-0.25, -0.2) is 9.67 Å². The number of Topliss-reactive ketones (excluding diaryl/α,β-unsaturated/α-hetero) is 1. The molecule has 0 saturated heterocycles. The zero-order valence-corrected chi connectivity index (χ0v) is 18.1. The molecule has 3 heterocycles. The molecule has 0 amide bonds. The Bertz CT molecular complexity index is 1540. The molecule has 3 N–H and O–H groups in total. The number of benzene rings is 2. The number of imidazole rings is 1. The Morgan fingerprint density at radius 3 is 2.91 bits per heavy atom. The molecule has 0 unspecified atom stereocenters. The first-order valence-corrected chi connectivity index (χ1v) is 11.2. The van der Waals surface area contributed by atoms with Crippen LogP contribution in [0.15, 0.2) is 65.0 Å². The molecule has 0 bridgehead atoms. The predicted molar refractivity (Wildman–Crippen MR) is 128 cm³/mol. The highest BCUT2D eigenvalue weighted by Gasteiger charge is 2.24. The van der Waals surface area contributed by atoms with Crippen molar-refractivity contribution in [3.05, 3.63) is 87.5 Å². The highest BCUT2D eigenvalue weighted by atomic mass is 32.1. The number of carbonyl (C=O) groups excluding carboxylic acids is 1. The van der Waals surface area contributed by atoms with Gasteiger partial charge in [0.25, 0.3) is 0 Å². The Morgan fingerprint density at radius 2 is 2.06 bits per heavy atom. The number of allylic oxidation sites excluding steroid dienone is 1. The van der Waals surface area contributed by atoms with Gasteiger partial charge < -0.3 is 10.7 Å². The van der Waals surface area contributed by atoms with E-state index >= 15 is 0 Å². The summed E-state index contributed by atoms with van der Waals surface area (Å²) in [6, 6.07) is 14.2. The van der Waals surface area contributed by atoms with Crippen LogP contribution in [0, 0.1) is 6.92 Å². The highest BCUT2D eigenvalue weighted by molar-refractivity contribution is 7.08. The van der Waals surface area contributed by atoms with E-state index in [4.69, 9.17) is 5.73 Å². The second-order valence-electron chi connectivity index (χ2n) is 7.98. The first-order valence-electron chi connectivity index (χ1n) is 10.3. The summed E-state index contributed by atoms with van der Waals surface area (Å²) in [6.07, 6.45) is 4.11. The third-order valence-corrected chi connectivity index (χ3v) is 6.56. The third-order valence-electron chi connectivity index (χ3n) is 5.88. The lowest BCUT2D eigenvalue weighted by atomic mass is 10.0. The SMILES string of the molecule is Cc1nc2ccc(-n3ncc(C(=O)C4=Cc5ccc(-c6ccsc6)cc5C4)c3N)cc2[nH]1. The van der Waals surface area contributed by atoms with Crippen LogP contribution in [0.5, 0.6) is 0 Å². The van der Waals surface area contributed by atoms with Crippen molar-refractivity contribution in [2.45, 2.75) is 13.3 Å². The standard InChI is InChI=1S/C25H19N5OS/c1-14-28-22-5-4-20(11-23(22)29-14)30-25(26)21(12-27-30)24(31)19-9-16-3-2-15(8-18(16)10-19)17-6-7-32-13-17/h2-9,11-13H,10,26H2,1H3,(H,28,29). The van der Waals surface area contributed by atoms with E-state index in [-0.39, 0.29) is 5.78 Å². The summed E-state index contributed by atoms with van der Waals surface area (Å²) in [5.74, 6) is 1.10. The Balaban J connectivity index is 1.29. The molecule has 5 aromatic rings. The Labute approximate surface area is 188 Å². The monoisotopic (exact) mass is 437 g/mol. The second-order valence-corrected chi connectivity index (χ2v) is 8.76. The number of fused-ring (bicyclic) bond motifs is 2. The van der Waals surface area contributed by atoms with E-state index in [0.717, 1.165) is 39.2 Å². The van der Waals surface area contributed by atoms with Crippen LogP contribution in [0.1, 0.15) is 27.3 Å². The maximum Gasteiger partial charge on any atom is 0.194 e. The van der Waals surface area contributed by atoms with E-state index in [2.05, 4.69) is 50.1 Å². The Morgan fingerprint density at radius 1 is 1.16 bits per heavy atom. The number of hydrogen-bond donors (Lipinski definition) is 2. The number of anilines is 1. The zero-order valence-electron chi connectivity index (χ0n) is 17.3. The highest BCUT2D eigenvalue weighted by Crippen LogP contribution is 2.33. The van der Waals surface area contributed by atoms with Gasteiger partial charge >= 0.3 is 0 Å². The van der Waals surface area contributed by atoms with Crippen molar-refractivity contribution in [1.82, 2.24) is 19.7 Å². The molecule has 7 heteroatoms. The smallest absolute Gasteiger partial charge is 0.194 e. The molecule has 2 aromatic carbocycles. The number of aromatic amines is 1. The number of ketones is 1. The normalized spacial score (nSPS) is 12.8. The van der Waals surface area contributed by atoms with Crippen LogP contribution in [0.3, 0.4) is 0 Å². The average Bonchev–Trinajstić information content (AvgIpc) is 3.57. The summed E-state index contributed by atoms with van der Waals surface area (Å²) in [5, 5.41) is 8.60. The van der Waals surface area contributed by atoms with E-state index < -0.39 is 0 Å². The van der Waals surface area contributed by atoms with Gasteiger partial charge in [0, 0.05) is 12.0 Å². The fourth-order valence-electron chi connectivity index (χ4n) is 4.27. The van der Waals surface area contributed by atoms with Crippen LogP contribution in [-0.2, 0) is 6.42 Å². The number of hydrogen-bond acceptors (Lipinski definition) is 5. The number of H-pyrrole nitrogens is 1. The first kappa shape index (κ1) is 18.8. The number of aromatic nitrogens is 4. The summed E-state index contributed by atoms with van der Waals surface area (Å²) in [7, 11) is 0. The molecule has 156 valence electrons. The summed E-state index contributed by atoms with van der Waals surface area (Å²) in [5.41, 5.74) is 14.7. The predicted octanol–water partition coefficient (Wildman–Crippen LogP) is 5.19. The van der Waals surface area contributed by atoms with Gasteiger partial charge in [0.1, 0.15) is 11.6 Å². The summed E-state index contributed by atoms with van der Waals surface area (Å²) < 4.78 is 1.60. The molecule has 0 aliphatic heterocycles. The molecule has 1 aliphatic rings. The van der Waals surface area contributed by atoms with Crippen LogP contribution in [0.4, 0.5) is 5.82 Å². The number of carbonyl (C=O) groups is 1. The molecule has 1 aliphatic carbocycles. The molecule has 3 aromatic heterocycles. The zero-order chi connectivity index (χ0) is 21.8. The molecule has 0 saturated carbocycles. The summed E-state index contributed by atoms with van der Waals surface area (Å²) in [6.45, 7) is 1.91. The topological polar surface area (TPSA) is 89.6 Å². The lowest BCUT2D eigenvalue weighted by Crippen LogP contribution is -2.08. The minimum atomic E-state index is -0.0829. The molecule has 6 nitrogen and oxygen atoms in total. The van der Waals surface area contributed by atoms with Crippen molar-refractivity contribution in [1.29, 1.82) is 0 Å². The van der Waals surface area contributed by atoms with Gasteiger partial charge in [-0.3, -0.25) is 4.79 Å². The molecule has 0 fully saturated rings. The van der Waals surface area contributed by atoms with Crippen LogP contribution in [0.2, 0.25) is 0 Å². The van der Waals surface area contributed by atoms with Crippen LogP contribution in [0.25, 0.3) is 33.9 Å². The Hall–Kier alpha value is -3.97.